The molecule has 0 saturated heterocycles. The maximum atomic E-state index is 6.12. The van der Waals surface area contributed by atoms with Crippen LogP contribution in [0.1, 0.15) is 25.8 Å². The van der Waals surface area contributed by atoms with E-state index < -0.39 is 0 Å². The fraction of sp³-hybridized carbons (Fsp3) is 0.375. The smallest absolute Gasteiger partial charge is 0.225 e. The van der Waals surface area contributed by atoms with Crippen LogP contribution in [0, 0.1) is 0 Å². The molecule has 0 unspecified atom stereocenters. The Balaban J connectivity index is 2.14. The van der Waals surface area contributed by atoms with Crippen LogP contribution in [0.15, 0.2) is 36.5 Å². The molecule has 0 bridgehead atoms. The molecular formula is C16H22ClN5. The molecule has 0 radical (unpaired) electrons. The minimum Gasteiger partial charge on any atom is -0.369 e. The van der Waals surface area contributed by atoms with Crippen LogP contribution in [0.2, 0.25) is 5.02 Å². The average Bonchev–Trinajstić information content (AvgIpc) is 2.51. The van der Waals surface area contributed by atoms with Crippen LogP contribution in [0.5, 0.6) is 0 Å². The number of anilines is 2. The predicted octanol–water partition coefficient (Wildman–Crippen LogP) is 3.24. The SMILES string of the molecule is CC(C)(Nc1ncc(Cl)c(NCCCN)n1)c1ccccc1. The van der Waals surface area contributed by atoms with Gasteiger partial charge in [0.05, 0.1) is 11.7 Å². The lowest BCUT2D eigenvalue weighted by atomic mass is 9.95. The van der Waals surface area contributed by atoms with Gasteiger partial charge in [-0.3, -0.25) is 0 Å². The normalized spacial score (nSPS) is 11.3. The van der Waals surface area contributed by atoms with Crippen LogP contribution in [-0.4, -0.2) is 23.1 Å². The first-order valence-corrected chi connectivity index (χ1v) is 7.71. The Bertz CT molecular complexity index is 601. The van der Waals surface area contributed by atoms with Gasteiger partial charge in [0.1, 0.15) is 10.8 Å². The number of rotatable bonds is 7. The molecule has 0 spiro atoms. The van der Waals surface area contributed by atoms with E-state index in [0.29, 0.717) is 23.3 Å². The lowest BCUT2D eigenvalue weighted by Gasteiger charge is -2.27. The molecule has 0 saturated carbocycles. The van der Waals surface area contributed by atoms with Gasteiger partial charge in [0.25, 0.3) is 0 Å². The molecule has 0 aliphatic carbocycles. The van der Waals surface area contributed by atoms with Gasteiger partial charge in [-0.15, -0.1) is 0 Å². The van der Waals surface area contributed by atoms with Gasteiger partial charge >= 0.3 is 0 Å². The number of nitrogens with zero attached hydrogens (tertiary/aromatic N) is 2. The molecule has 1 heterocycles. The molecule has 22 heavy (non-hydrogen) atoms. The van der Waals surface area contributed by atoms with Crippen molar-refractivity contribution in [3.05, 3.63) is 47.1 Å². The Morgan fingerprint density at radius 3 is 2.64 bits per heavy atom. The van der Waals surface area contributed by atoms with Crippen molar-refractivity contribution in [3.63, 3.8) is 0 Å². The third kappa shape index (κ3) is 4.32. The topological polar surface area (TPSA) is 75.9 Å². The zero-order valence-electron chi connectivity index (χ0n) is 12.9. The monoisotopic (exact) mass is 319 g/mol. The molecule has 0 aliphatic rings. The lowest BCUT2D eigenvalue weighted by Crippen LogP contribution is -2.29. The molecule has 5 nitrogen and oxygen atoms in total. The first kappa shape index (κ1) is 16.5. The van der Waals surface area contributed by atoms with Crippen LogP contribution in [0.4, 0.5) is 11.8 Å². The standard InChI is InChI=1S/C16H22ClN5/c1-16(2,12-7-4-3-5-8-12)22-15-20-11-13(17)14(21-15)19-10-6-9-18/h3-5,7-8,11H,6,9-10,18H2,1-2H3,(H2,19,20,21,22). The Kier molecular flexibility index (Phi) is 5.57. The predicted molar refractivity (Wildman–Crippen MR) is 92.3 cm³/mol. The number of aromatic nitrogens is 2. The van der Waals surface area contributed by atoms with Gasteiger partial charge in [0.2, 0.25) is 5.95 Å². The Morgan fingerprint density at radius 2 is 1.95 bits per heavy atom. The molecule has 0 fully saturated rings. The molecule has 4 N–H and O–H groups in total. The number of nitrogens with two attached hydrogens (primary N) is 1. The highest BCUT2D eigenvalue weighted by atomic mass is 35.5. The second-order valence-electron chi connectivity index (χ2n) is 5.58. The van der Waals surface area contributed by atoms with E-state index in [0.717, 1.165) is 18.5 Å². The van der Waals surface area contributed by atoms with Crippen molar-refractivity contribution >= 4 is 23.4 Å². The largest absolute Gasteiger partial charge is 0.369 e. The number of nitrogens with one attached hydrogen (secondary N) is 2. The zero-order chi connectivity index (χ0) is 16.0. The van der Waals surface area contributed by atoms with E-state index in [1.807, 2.05) is 18.2 Å². The van der Waals surface area contributed by atoms with Crippen LogP contribution in [0.25, 0.3) is 0 Å². The highest BCUT2D eigenvalue weighted by Crippen LogP contribution is 2.26. The summed E-state index contributed by atoms with van der Waals surface area (Å²) in [4.78, 5) is 8.71. The minimum absolute atomic E-state index is 0.288. The molecule has 1 aromatic heterocycles. The first-order chi connectivity index (χ1) is 10.5. The highest BCUT2D eigenvalue weighted by molar-refractivity contribution is 6.32. The summed E-state index contributed by atoms with van der Waals surface area (Å²) in [5.41, 5.74) is 6.36. The number of benzene rings is 1. The number of halogens is 1. The molecule has 1 aromatic carbocycles. The lowest BCUT2D eigenvalue weighted by molar-refractivity contribution is 0.602. The van der Waals surface area contributed by atoms with Gasteiger partial charge < -0.3 is 16.4 Å². The maximum Gasteiger partial charge on any atom is 0.225 e. The molecule has 0 atom stereocenters. The van der Waals surface area contributed by atoms with Gasteiger partial charge in [-0.2, -0.15) is 4.98 Å². The van der Waals surface area contributed by atoms with Gasteiger partial charge in [0, 0.05) is 6.54 Å². The van der Waals surface area contributed by atoms with Gasteiger partial charge in [-0.05, 0) is 32.4 Å². The highest BCUT2D eigenvalue weighted by Gasteiger charge is 2.21. The summed E-state index contributed by atoms with van der Waals surface area (Å²) in [6.07, 6.45) is 2.46. The van der Waals surface area contributed by atoms with Gasteiger partial charge in [-0.1, -0.05) is 41.9 Å². The van der Waals surface area contributed by atoms with Crippen molar-refractivity contribution in [1.82, 2.24) is 9.97 Å². The van der Waals surface area contributed by atoms with Crippen molar-refractivity contribution < 1.29 is 0 Å². The molecule has 0 aliphatic heterocycles. The average molecular weight is 320 g/mol. The third-order valence-corrected chi connectivity index (χ3v) is 3.61. The number of hydrogen-bond acceptors (Lipinski definition) is 5. The van der Waals surface area contributed by atoms with E-state index in [9.17, 15) is 0 Å². The molecule has 118 valence electrons. The van der Waals surface area contributed by atoms with E-state index in [1.54, 1.807) is 6.20 Å². The minimum atomic E-state index is -0.288. The molecule has 2 aromatic rings. The quantitative estimate of drug-likeness (QED) is 0.683. The molecular weight excluding hydrogens is 298 g/mol. The molecule has 2 rings (SSSR count). The van der Waals surface area contributed by atoms with Crippen molar-refractivity contribution in [2.24, 2.45) is 5.73 Å². The van der Waals surface area contributed by atoms with E-state index in [1.165, 1.54) is 0 Å². The summed E-state index contributed by atoms with van der Waals surface area (Å²) in [6.45, 7) is 5.53. The molecule has 6 heteroatoms. The summed E-state index contributed by atoms with van der Waals surface area (Å²) in [6, 6.07) is 10.2. The third-order valence-electron chi connectivity index (χ3n) is 3.34. The Labute approximate surface area is 136 Å². The Hall–Kier alpha value is -1.85. The second-order valence-corrected chi connectivity index (χ2v) is 5.98. The summed E-state index contributed by atoms with van der Waals surface area (Å²) in [5, 5.41) is 7.02. The Morgan fingerprint density at radius 1 is 1.23 bits per heavy atom. The van der Waals surface area contributed by atoms with Crippen LogP contribution >= 0.6 is 11.6 Å². The zero-order valence-corrected chi connectivity index (χ0v) is 13.7. The van der Waals surface area contributed by atoms with Crippen molar-refractivity contribution in [1.29, 1.82) is 0 Å². The maximum absolute atomic E-state index is 6.12. The summed E-state index contributed by atoms with van der Waals surface area (Å²) in [7, 11) is 0. The van der Waals surface area contributed by atoms with Crippen molar-refractivity contribution in [2.75, 3.05) is 23.7 Å². The fourth-order valence-electron chi connectivity index (χ4n) is 2.07. The van der Waals surface area contributed by atoms with E-state index in [4.69, 9.17) is 17.3 Å². The van der Waals surface area contributed by atoms with Crippen LogP contribution in [-0.2, 0) is 5.54 Å². The van der Waals surface area contributed by atoms with Crippen molar-refractivity contribution in [2.45, 2.75) is 25.8 Å². The van der Waals surface area contributed by atoms with Crippen LogP contribution < -0.4 is 16.4 Å². The van der Waals surface area contributed by atoms with Gasteiger partial charge in [0.15, 0.2) is 0 Å². The second kappa shape index (κ2) is 7.42. The summed E-state index contributed by atoms with van der Waals surface area (Å²) < 4.78 is 0. The fourth-order valence-corrected chi connectivity index (χ4v) is 2.22. The van der Waals surface area contributed by atoms with Crippen molar-refractivity contribution in [3.8, 4) is 0 Å². The molecule has 0 amide bonds. The van der Waals surface area contributed by atoms with Gasteiger partial charge in [-0.25, -0.2) is 4.98 Å². The van der Waals surface area contributed by atoms with E-state index in [-0.39, 0.29) is 5.54 Å². The first-order valence-electron chi connectivity index (χ1n) is 7.33. The van der Waals surface area contributed by atoms with E-state index >= 15 is 0 Å². The summed E-state index contributed by atoms with van der Waals surface area (Å²) in [5.74, 6) is 1.16. The number of hydrogen-bond donors (Lipinski definition) is 3. The van der Waals surface area contributed by atoms with Crippen LogP contribution in [0.3, 0.4) is 0 Å². The summed E-state index contributed by atoms with van der Waals surface area (Å²) >= 11 is 6.12. The van der Waals surface area contributed by atoms with E-state index in [2.05, 4.69) is 46.6 Å².